The number of hydrogen-bond acceptors (Lipinski definition) is 3. The van der Waals surface area contributed by atoms with Gasteiger partial charge in [-0.05, 0) is 63.4 Å². The molecule has 3 aliphatic rings. The Kier molecular flexibility index (Phi) is 7.16. The van der Waals surface area contributed by atoms with Crippen molar-refractivity contribution < 1.29 is 31.3 Å². The van der Waals surface area contributed by atoms with E-state index in [1.54, 1.807) is 7.11 Å². The molecule has 3 fully saturated rings. The van der Waals surface area contributed by atoms with Crippen molar-refractivity contribution in [2.75, 3.05) is 20.2 Å². The van der Waals surface area contributed by atoms with Gasteiger partial charge in [0.05, 0.1) is 25.7 Å². The highest BCUT2D eigenvalue weighted by Gasteiger charge is 2.54. The van der Waals surface area contributed by atoms with Crippen molar-refractivity contribution in [1.29, 1.82) is 0 Å². The summed E-state index contributed by atoms with van der Waals surface area (Å²) in [6, 6.07) is 27.9. The summed E-state index contributed by atoms with van der Waals surface area (Å²) in [7, 11) is 1.68. The number of aromatic nitrogens is 1. The third kappa shape index (κ3) is 4.32. The lowest BCUT2D eigenvalue weighted by Crippen LogP contribution is -3.00. The average molecular weight is 596 g/mol. The Labute approximate surface area is 246 Å². The van der Waals surface area contributed by atoms with E-state index in [0.717, 1.165) is 52.8 Å². The first-order valence-corrected chi connectivity index (χ1v) is 14.1. The van der Waals surface area contributed by atoms with Crippen LogP contribution in [0.4, 0.5) is 0 Å². The van der Waals surface area contributed by atoms with Gasteiger partial charge in [0.25, 0.3) is 0 Å². The summed E-state index contributed by atoms with van der Waals surface area (Å²) < 4.78 is 6.41. The number of nitrogens with zero attached hydrogens (tertiary/aromatic N) is 2. The maximum Gasteiger partial charge on any atom is 0.131 e. The Morgan fingerprint density at radius 2 is 1.73 bits per heavy atom. The largest absolute Gasteiger partial charge is 1.00 e. The van der Waals surface area contributed by atoms with E-state index in [4.69, 9.17) is 4.74 Å². The van der Waals surface area contributed by atoms with Gasteiger partial charge >= 0.3 is 0 Å². The minimum Gasteiger partial charge on any atom is -1.00 e. The van der Waals surface area contributed by atoms with Gasteiger partial charge in [-0.2, -0.15) is 0 Å². The quantitative estimate of drug-likeness (QED) is 0.182. The highest BCUT2D eigenvalue weighted by atomic mass is 79.9. The van der Waals surface area contributed by atoms with Crippen LogP contribution in [-0.2, 0) is 6.54 Å². The van der Waals surface area contributed by atoms with E-state index in [0.29, 0.717) is 11.8 Å². The summed E-state index contributed by atoms with van der Waals surface area (Å²) in [4.78, 5) is 4.59. The fourth-order valence-corrected chi connectivity index (χ4v) is 7.71. The molecule has 0 amide bonds. The van der Waals surface area contributed by atoms with E-state index < -0.39 is 6.10 Å². The summed E-state index contributed by atoms with van der Waals surface area (Å²) in [5, 5.41) is 18.4. The fraction of sp³-hybridized carbons (Fsp3) is 0.286. The van der Waals surface area contributed by atoms with E-state index >= 15 is 0 Å². The molecule has 1 N–H and O–H groups in total. The second kappa shape index (κ2) is 10.6. The van der Waals surface area contributed by atoms with Crippen molar-refractivity contribution >= 4 is 32.4 Å². The molecule has 4 heterocycles. The van der Waals surface area contributed by atoms with E-state index in [-0.39, 0.29) is 23.0 Å². The van der Waals surface area contributed by atoms with Crippen molar-refractivity contribution in [3.05, 3.63) is 109 Å². The lowest BCUT2D eigenvalue weighted by atomic mass is 9.71. The molecular formula is C35H35BrN2O2. The van der Waals surface area contributed by atoms with Crippen LogP contribution in [0.3, 0.4) is 0 Å². The first-order chi connectivity index (χ1) is 19.1. The first-order valence-electron chi connectivity index (χ1n) is 14.1. The lowest BCUT2D eigenvalue weighted by molar-refractivity contribution is -0.984. The van der Waals surface area contributed by atoms with E-state index in [1.165, 1.54) is 33.5 Å². The molecule has 204 valence electrons. The zero-order chi connectivity index (χ0) is 26.6. The number of hydrogen-bond donors (Lipinski definition) is 1. The number of benzene rings is 4. The first kappa shape index (κ1) is 26.9. The van der Waals surface area contributed by atoms with E-state index in [2.05, 4.69) is 72.2 Å². The number of halogens is 1. The van der Waals surface area contributed by atoms with Crippen LogP contribution in [-0.4, -0.2) is 40.8 Å². The van der Waals surface area contributed by atoms with Gasteiger partial charge in [0.2, 0.25) is 0 Å². The SMILES string of the molecule is C=CC1C[N+]2(Cc3c4ccccc4cc4ccccc34)CCC1C[C@H]2[C@H](O)c1ccnc2ccc(OC)cc12.[Br-]. The molecule has 0 radical (unpaired) electrons. The molecule has 0 saturated carbocycles. The maximum atomic E-state index is 12.2. The molecule has 1 aromatic heterocycles. The predicted octanol–water partition coefficient (Wildman–Crippen LogP) is 4.20. The molecule has 2 bridgehead atoms. The van der Waals surface area contributed by atoms with E-state index in [9.17, 15) is 5.11 Å². The standard InChI is InChI=1S/C35H35N2O2.BrH/c1-3-23-21-37(22-32-28-10-6-4-8-25(28)18-26-9-5-7-11-29(26)32)17-15-24(23)19-34(37)35(38)30-14-16-36-33-13-12-27(39-2)20-31(30)33;/h3-14,16,18,20,23-24,34-35,38H,1,15,17,19,21-22H2,2H3;1H/q+1;/p-1/t23?,24?,34-,35+,37?;/m0./s1. The van der Waals surface area contributed by atoms with Gasteiger partial charge in [-0.3, -0.25) is 4.98 Å². The van der Waals surface area contributed by atoms with E-state index in [1.807, 2.05) is 30.5 Å². The lowest BCUT2D eigenvalue weighted by Gasteiger charge is -2.58. The van der Waals surface area contributed by atoms with Gasteiger partial charge in [0.15, 0.2) is 0 Å². The molecule has 5 heteroatoms. The molecule has 0 aliphatic carbocycles. The third-order valence-corrected chi connectivity index (χ3v) is 9.70. The smallest absolute Gasteiger partial charge is 0.131 e. The molecule has 5 atom stereocenters. The highest BCUT2D eigenvalue weighted by molar-refractivity contribution is 6.02. The number of aliphatic hydroxyl groups excluding tert-OH is 1. The highest BCUT2D eigenvalue weighted by Crippen LogP contribution is 2.49. The van der Waals surface area contributed by atoms with Crippen LogP contribution in [0.1, 0.15) is 30.1 Å². The fourth-order valence-electron chi connectivity index (χ4n) is 7.71. The topological polar surface area (TPSA) is 42.4 Å². The normalized spacial score (nSPS) is 24.6. The van der Waals surface area contributed by atoms with Crippen LogP contribution in [0.2, 0.25) is 0 Å². The van der Waals surface area contributed by atoms with Crippen molar-refractivity contribution in [2.24, 2.45) is 11.8 Å². The molecule has 4 aromatic carbocycles. The minimum absolute atomic E-state index is 0. The number of quaternary nitrogens is 1. The third-order valence-electron chi connectivity index (χ3n) is 9.70. The summed E-state index contributed by atoms with van der Waals surface area (Å²) in [5.74, 6) is 1.82. The van der Waals surface area contributed by atoms with Crippen LogP contribution in [0.25, 0.3) is 32.4 Å². The number of fused-ring (bicyclic) bond motifs is 6. The number of methoxy groups -OCH3 is 1. The molecule has 8 rings (SSSR count). The summed E-state index contributed by atoms with van der Waals surface area (Å²) in [6.45, 7) is 7.21. The second-order valence-electron chi connectivity index (χ2n) is 11.6. The van der Waals surface area contributed by atoms with Crippen LogP contribution < -0.4 is 21.7 Å². The predicted molar refractivity (Wildman–Crippen MR) is 159 cm³/mol. The summed E-state index contributed by atoms with van der Waals surface area (Å²) >= 11 is 0. The van der Waals surface area contributed by atoms with Gasteiger partial charge in [-0.25, -0.2) is 0 Å². The van der Waals surface area contributed by atoms with Crippen LogP contribution in [0, 0.1) is 11.8 Å². The van der Waals surface area contributed by atoms with Crippen molar-refractivity contribution in [1.82, 2.24) is 4.98 Å². The Morgan fingerprint density at radius 3 is 2.42 bits per heavy atom. The van der Waals surface area contributed by atoms with Crippen LogP contribution >= 0.6 is 0 Å². The van der Waals surface area contributed by atoms with Crippen molar-refractivity contribution in [3.63, 3.8) is 0 Å². The average Bonchev–Trinajstić information content (AvgIpc) is 3.00. The molecule has 4 nitrogen and oxygen atoms in total. The van der Waals surface area contributed by atoms with Crippen LogP contribution in [0.5, 0.6) is 5.75 Å². The number of rotatable bonds is 6. The molecular weight excluding hydrogens is 560 g/mol. The monoisotopic (exact) mass is 594 g/mol. The zero-order valence-corrected chi connectivity index (χ0v) is 24.4. The molecule has 3 saturated heterocycles. The van der Waals surface area contributed by atoms with Crippen molar-refractivity contribution in [2.45, 2.75) is 31.5 Å². The minimum atomic E-state index is -0.600. The molecule has 40 heavy (non-hydrogen) atoms. The number of pyridine rings is 1. The Morgan fingerprint density at radius 1 is 1.00 bits per heavy atom. The van der Waals surface area contributed by atoms with Crippen LogP contribution in [0.15, 0.2) is 97.7 Å². The zero-order valence-electron chi connectivity index (χ0n) is 22.8. The Balaban J connectivity index is 0.00000289. The van der Waals surface area contributed by atoms with Gasteiger partial charge < -0.3 is 31.3 Å². The van der Waals surface area contributed by atoms with Crippen molar-refractivity contribution in [3.8, 4) is 5.75 Å². The second-order valence-corrected chi connectivity index (χ2v) is 11.6. The van der Waals surface area contributed by atoms with Gasteiger partial charge in [-0.15, -0.1) is 6.58 Å². The maximum absolute atomic E-state index is 12.2. The number of aliphatic hydroxyl groups is 1. The number of piperidine rings is 3. The molecule has 0 spiro atoms. The Hall–Kier alpha value is -3.25. The van der Waals surface area contributed by atoms with Gasteiger partial charge in [-0.1, -0.05) is 54.6 Å². The van der Waals surface area contributed by atoms with Gasteiger partial charge in [0.1, 0.15) is 24.4 Å². The Bertz CT molecular complexity index is 1660. The van der Waals surface area contributed by atoms with Gasteiger partial charge in [0, 0.05) is 35.9 Å². The number of ether oxygens (including phenoxy) is 1. The molecule has 5 aromatic rings. The molecule has 3 unspecified atom stereocenters. The summed E-state index contributed by atoms with van der Waals surface area (Å²) in [6.07, 6.45) is 5.58. The molecule has 3 aliphatic heterocycles. The summed E-state index contributed by atoms with van der Waals surface area (Å²) in [5.41, 5.74) is 3.23.